The molecule has 1 heterocycles. The van der Waals surface area contributed by atoms with Gasteiger partial charge in [0.15, 0.2) is 0 Å². The molecule has 148 valence electrons. The molecule has 0 saturated carbocycles. The van der Waals surface area contributed by atoms with E-state index in [1.54, 1.807) is 12.1 Å². The molecule has 1 unspecified atom stereocenters. The molecular formula is C22H27N3O2S. The minimum atomic E-state index is -0.230. The van der Waals surface area contributed by atoms with Crippen LogP contribution in [0.3, 0.4) is 0 Å². The normalized spacial score (nSPS) is 15.0. The minimum Gasteiger partial charge on any atom is -0.370 e. The summed E-state index contributed by atoms with van der Waals surface area (Å²) in [6.07, 6.45) is 0.252. The molecule has 1 fully saturated rings. The predicted molar refractivity (Wildman–Crippen MR) is 116 cm³/mol. The highest BCUT2D eigenvalue weighted by Crippen LogP contribution is 2.19. The fourth-order valence-electron chi connectivity index (χ4n) is 3.14. The fraction of sp³-hybridized carbons (Fsp3) is 0.364. The molecule has 1 aliphatic rings. The van der Waals surface area contributed by atoms with E-state index in [-0.39, 0.29) is 24.3 Å². The molecular weight excluding hydrogens is 370 g/mol. The van der Waals surface area contributed by atoms with Crippen LogP contribution in [-0.4, -0.2) is 42.5 Å². The first kappa shape index (κ1) is 20.3. The number of amides is 2. The van der Waals surface area contributed by atoms with Crippen LogP contribution >= 0.6 is 11.8 Å². The second-order valence-corrected chi connectivity index (χ2v) is 8.21. The van der Waals surface area contributed by atoms with Gasteiger partial charge in [0, 0.05) is 54.9 Å². The number of hydrogen-bond donors (Lipinski definition) is 2. The summed E-state index contributed by atoms with van der Waals surface area (Å²) < 4.78 is 0. The molecule has 1 saturated heterocycles. The third-order valence-corrected chi connectivity index (χ3v) is 5.65. The van der Waals surface area contributed by atoms with Gasteiger partial charge in [-0.1, -0.05) is 30.3 Å². The lowest BCUT2D eigenvalue weighted by Gasteiger charge is -2.28. The Morgan fingerprint density at radius 3 is 2.39 bits per heavy atom. The zero-order valence-electron chi connectivity index (χ0n) is 16.2. The Bertz CT molecular complexity index is 774. The van der Waals surface area contributed by atoms with E-state index in [4.69, 9.17) is 0 Å². The summed E-state index contributed by atoms with van der Waals surface area (Å²) in [4.78, 5) is 26.7. The highest BCUT2D eigenvalue weighted by molar-refractivity contribution is 7.99. The Hall–Kier alpha value is -2.47. The van der Waals surface area contributed by atoms with Gasteiger partial charge in [0.25, 0.3) is 5.91 Å². The van der Waals surface area contributed by atoms with Gasteiger partial charge in [-0.2, -0.15) is 11.8 Å². The monoisotopic (exact) mass is 397 g/mol. The van der Waals surface area contributed by atoms with Crippen molar-refractivity contribution in [3.63, 3.8) is 0 Å². The Labute approximate surface area is 170 Å². The number of thioether (sulfide) groups is 1. The number of benzene rings is 2. The first-order chi connectivity index (χ1) is 13.6. The van der Waals surface area contributed by atoms with Crippen molar-refractivity contribution in [1.82, 2.24) is 10.6 Å². The van der Waals surface area contributed by atoms with Gasteiger partial charge in [-0.05, 0) is 36.8 Å². The Balaban J connectivity index is 1.41. The van der Waals surface area contributed by atoms with Crippen molar-refractivity contribution in [2.24, 2.45) is 0 Å². The van der Waals surface area contributed by atoms with E-state index in [1.165, 1.54) is 17.2 Å². The summed E-state index contributed by atoms with van der Waals surface area (Å²) in [5.74, 6) is 2.12. The zero-order valence-corrected chi connectivity index (χ0v) is 17.0. The molecule has 6 heteroatoms. The topological polar surface area (TPSA) is 61.4 Å². The third kappa shape index (κ3) is 6.02. The molecule has 3 rings (SSSR count). The molecule has 0 spiro atoms. The van der Waals surface area contributed by atoms with Gasteiger partial charge < -0.3 is 15.5 Å². The van der Waals surface area contributed by atoms with Gasteiger partial charge in [-0.15, -0.1) is 0 Å². The van der Waals surface area contributed by atoms with Crippen LogP contribution in [0, 0.1) is 0 Å². The third-order valence-electron chi connectivity index (χ3n) is 4.71. The Morgan fingerprint density at radius 2 is 1.71 bits per heavy atom. The van der Waals surface area contributed by atoms with Gasteiger partial charge in [-0.3, -0.25) is 9.59 Å². The molecule has 2 aromatic rings. The summed E-state index contributed by atoms with van der Waals surface area (Å²) in [6.45, 7) is 4.51. The molecule has 2 N–H and O–H groups in total. The average molecular weight is 398 g/mol. The van der Waals surface area contributed by atoms with E-state index in [0.717, 1.165) is 18.7 Å². The number of hydrogen-bond acceptors (Lipinski definition) is 4. The van der Waals surface area contributed by atoms with Crippen molar-refractivity contribution < 1.29 is 9.59 Å². The van der Waals surface area contributed by atoms with Crippen LogP contribution in [0.15, 0.2) is 54.6 Å². The lowest BCUT2D eigenvalue weighted by atomic mass is 10.1. The van der Waals surface area contributed by atoms with Gasteiger partial charge in [0.2, 0.25) is 5.91 Å². The quantitative estimate of drug-likeness (QED) is 0.754. The smallest absolute Gasteiger partial charge is 0.251 e. The fourth-order valence-corrected chi connectivity index (χ4v) is 4.05. The number of anilines is 1. The van der Waals surface area contributed by atoms with E-state index < -0.39 is 0 Å². The van der Waals surface area contributed by atoms with E-state index in [0.29, 0.717) is 12.1 Å². The largest absolute Gasteiger partial charge is 0.370 e. The lowest BCUT2D eigenvalue weighted by Crippen LogP contribution is -2.37. The van der Waals surface area contributed by atoms with E-state index >= 15 is 0 Å². The molecule has 1 aliphatic heterocycles. The number of carbonyl (C=O) groups is 2. The van der Waals surface area contributed by atoms with Crippen LogP contribution in [0.25, 0.3) is 0 Å². The van der Waals surface area contributed by atoms with Crippen LogP contribution in [0.5, 0.6) is 0 Å². The zero-order chi connectivity index (χ0) is 19.8. The van der Waals surface area contributed by atoms with Crippen molar-refractivity contribution in [1.29, 1.82) is 0 Å². The number of nitrogens with zero attached hydrogens (tertiary/aromatic N) is 1. The van der Waals surface area contributed by atoms with Crippen LogP contribution in [-0.2, 0) is 11.3 Å². The van der Waals surface area contributed by atoms with Crippen molar-refractivity contribution in [3.05, 3.63) is 65.7 Å². The molecule has 5 nitrogen and oxygen atoms in total. The van der Waals surface area contributed by atoms with Crippen molar-refractivity contribution in [3.8, 4) is 0 Å². The second kappa shape index (κ2) is 10.2. The molecule has 0 radical (unpaired) electrons. The number of nitrogens with one attached hydrogen (secondary N) is 2. The van der Waals surface area contributed by atoms with Crippen LogP contribution in [0.1, 0.15) is 29.3 Å². The maximum Gasteiger partial charge on any atom is 0.251 e. The number of rotatable bonds is 7. The molecule has 28 heavy (non-hydrogen) atoms. The second-order valence-electron chi connectivity index (χ2n) is 6.99. The molecule has 2 aromatic carbocycles. The highest BCUT2D eigenvalue weighted by Gasteiger charge is 2.14. The van der Waals surface area contributed by atoms with Crippen LogP contribution in [0.2, 0.25) is 0 Å². The summed E-state index contributed by atoms with van der Waals surface area (Å²) in [5, 5.41) is 5.80. The van der Waals surface area contributed by atoms with Gasteiger partial charge in [-0.25, -0.2) is 0 Å². The SMILES string of the molecule is CC(CC(=O)NCc1ccc(N2CCSCC2)cc1)NC(=O)c1ccccc1. The Morgan fingerprint density at radius 1 is 1.04 bits per heavy atom. The molecule has 0 aromatic heterocycles. The van der Waals surface area contributed by atoms with Crippen molar-refractivity contribution >= 4 is 29.3 Å². The first-order valence-electron chi connectivity index (χ1n) is 9.66. The summed E-state index contributed by atoms with van der Waals surface area (Å²) in [6, 6.07) is 17.2. The van der Waals surface area contributed by atoms with Crippen molar-refractivity contribution in [2.45, 2.75) is 25.9 Å². The molecule has 1 atom stereocenters. The van der Waals surface area contributed by atoms with Crippen molar-refractivity contribution in [2.75, 3.05) is 29.5 Å². The van der Waals surface area contributed by atoms with E-state index in [1.807, 2.05) is 36.9 Å². The summed E-state index contributed by atoms with van der Waals surface area (Å²) in [7, 11) is 0. The Kier molecular flexibility index (Phi) is 7.37. The van der Waals surface area contributed by atoms with Crippen LogP contribution < -0.4 is 15.5 Å². The van der Waals surface area contributed by atoms with Gasteiger partial charge >= 0.3 is 0 Å². The first-order valence-corrected chi connectivity index (χ1v) is 10.8. The van der Waals surface area contributed by atoms with E-state index in [2.05, 4.69) is 39.8 Å². The van der Waals surface area contributed by atoms with Gasteiger partial charge in [0.1, 0.15) is 0 Å². The van der Waals surface area contributed by atoms with Gasteiger partial charge in [0.05, 0.1) is 0 Å². The minimum absolute atomic E-state index is 0.0713. The highest BCUT2D eigenvalue weighted by atomic mass is 32.2. The predicted octanol–water partition coefficient (Wildman–Crippen LogP) is 3.06. The summed E-state index contributed by atoms with van der Waals surface area (Å²) >= 11 is 2.00. The summed E-state index contributed by atoms with van der Waals surface area (Å²) in [5.41, 5.74) is 2.92. The lowest BCUT2D eigenvalue weighted by molar-refractivity contribution is -0.121. The average Bonchev–Trinajstić information content (AvgIpc) is 2.74. The standard InChI is InChI=1S/C22H27N3O2S/c1-17(24-22(27)19-5-3-2-4-6-19)15-21(26)23-16-18-7-9-20(10-8-18)25-11-13-28-14-12-25/h2-10,17H,11-16H2,1H3,(H,23,26)(H,24,27). The van der Waals surface area contributed by atoms with Crippen LogP contribution in [0.4, 0.5) is 5.69 Å². The maximum absolute atomic E-state index is 12.2. The molecule has 2 amide bonds. The van der Waals surface area contributed by atoms with E-state index in [9.17, 15) is 9.59 Å². The number of carbonyl (C=O) groups excluding carboxylic acids is 2. The maximum atomic E-state index is 12.2. The molecule has 0 bridgehead atoms. The molecule has 0 aliphatic carbocycles.